The van der Waals surface area contributed by atoms with E-state index in [-0.39, 0.29) is 11.3 Å². The Morgan fingerprint density at radius 3 is 2.04 bits per heavy atom. The number of rotatable bonds is 5. The molecule has 0 saturated heterocycles. The number of non-ortho nitro benzene ring substituents is 1. The van der Waals surface area contributed by atoms with Gasteiger partial charge >= 0.3 is 5.97 Å². The highest BCUT2D eigenvalue weighted by atomic mass is 35.5. The van der Waals surface area contributed by atoms with Crippen molar-refractivity contribution in [2.75, 3.05) is 0 Å². The minimum atomic E-state index is -1.17. The molecule has 0 aliphatic rings. The molecule has 0 radical (unpaired) electrons. The van der Waals surface area contributed by atoms with Gasteiger partial charge in [0.25, 0.3) is 5.69 Å². The van der Waals surface area contributed by atoms with Gasteiger partial charge in [0.2, 0.25) is 0 Å². The second-order valence-corrected chi connectivity index (χ2v) is 5.55. The maximum atomic E-state index is 11.4. The molecule has 122 valence electrons. The van der Waals surface area contributed by atoms with Gasteiger partial charge in [0.1, 0.15) is 0 Å². The zero-order valence-corrected chi connectivity index (χ0v) is 13.7. The van der Waals surface area contributed by atoms with Gasteiger partial charge in [-0.3, -0.25) is 10.1 Å². The van der Waals surface area contributed by atoms with Gasteiger partial charge < -0.3 is 5.11 Å². The van der Waals surface area contributed by atoms with Crippen molar-refractivity contribution in [3.63, 3.8) is 0 Å². The van der Waals surface area contributed by atoms with Gasteiger partial charge in [-0.2, -0.15) is 0 Å². The quantitative estimate of drug-likeness (QED) is 0.351. The van der Waals surface area contributed by atoms with Crippen molar-refractivity contribution < 1.29 is 14.8 Å². The molecule has 2 rings (SSSR count). The average molecular weight is 364 g/mol. The number of benzene rings is 2. The van der Waals surface area contributed by atoms with Crippen LogP contribution >= 0.6 is 23.2 Å². The SMILES string of the molecule is O=C(O)/C(=C\C=C(/Cl)c1ccc(Cl)cc1)c1ccc([N+](=O)[O-])cc1. The molecular weight excluding hydrogens is 353 g/mol. The first-order chi connectivity index (χ1) is 11.4. The van der Waals surface area contributed by atoms with Crippen molar-refractivity contribution in [1.29, 1.82) is 0 Å². The molecule has 2 aromatic carbocycles. The molecule has 0 fully saturated rings. The van der Waals surface area contributed by atoms with E-state index in [9.17, 15) is 20.0 Å². The van der Waals surface area contributed by atoms with Crippen LogP contribution in [0.25, 0.3) is 10.6 Å². The van der Waals surface area contributed by atoms with Gasteiger partial charge in [-0.05, 0) is 47.5 Å². The summed E-state index contributed by atoms with van der Waals surface area (Å²) in [6.07, 6.45) is 2.80. The highest BCUT2D eigenvalue weighted by molar-refractivity contribution is 6.49. The molecule has 0 unspecified atom stereocenters. The molecule has 0 aromatic heterocycles. The van der Waals surface area contributed by atoms with E-state index in [0.29, 0.717) is 21.2 Å². The summed E-state index contributed by atoms with van der Waals surface area (Å²) in [6, 6.07) is 12.0. The molecular formula is C17H11Cl2NO4. The molecule has 0 aliphatic heterocycles. The van der Waals surface area contributed by atoms with Crippen LogP contribution in [0.3, 0.4) is 0 Å². The van der Waals surface area contributed by atoms with E-state index in [0.717, 1.165) is 0 Å². The number of nitrogens with zero attached hydrogens (tertiary/aromatic N) is 1. The van der Waals surface area contributed by atoms with E-state index < -0.39 is 10.9 Å². The Morgan fingerprint density at radius 1 is 1.00 bits per heavy atom. The molecule has 0 heterocycles. The van der Waals surface area contributed by atoms with Crippen LogP contribution in [0.15, 0.2) is 60.7 Å². The summed E-state index contributed by atoms with van der Waals surface area (Å²) in [6.45, 7) is 0. The highest BCUT2D eigenvalue weighted by Crippen LogP contribution is 2.23. The van der Waals surface area contributed by atoms with Crippen LogP contribution in [0.4, 0.5) is 5.69 Å². The van der Waals surface area contributed by atoms with E-state index in [1.54, 1.807) is 24.3 Å². The van der Waals surface area contributed by atoms with Crippen molar-refractivity contribution in [2.45, 2.75) is 0 Å². The summed E-state index contributed by atoms with van der Waals surface area (Å²) in [5.41, 5.74) is 0.880. The fraction of sp³-hybridized carbons (Fsp3) is 0. The van der Waals surface area contributed by atoms with Crippen LogP contribution in [0.2, 0.25) is 5.02 Å². The standard InChI is InChI=1S/C17H11Cl2NO4/c18-13-5-1-12(2-6-13)16(19)10-9-15(17(21)22)11-3-7-14(8-4-11)20(23)24/h1-10H,(H,21,22)/b15-9-,16-10-. The molecule has 0 spiro atoms. The number of nitro benzene ring substituents is 1. The summed E-state index contributed by atoms with van der Waals surface area (Å²) >= 11 is 12.0. The number of hydrogen-bond acceptors (Lipinski definition) is 3. The van der Waals surface area contributed by atoms with Crippen molar-refractivity contribution in [3.8, 4) is 0 Å². The average Bonchev–Trinajstić information content (AvgIpc) is 2.55. The summed E-state index contributed by atoms with van der Waals surface area (Å²) in [5.74, 6) is -1.17. The third kappa shape index (κ3) is 4.44. The number of hydrogen-bond donors (Lipinski definition) is 1. The second-order valence-electron chi connectivity index (χ2n) is 4.71. The van der Waals surface area contributed by atoms with E-state index in [1.807, 2.05) is 0 Å². The van der Waals surface area contributed by atoms with Crippen LogP contribution in [-0.2, 0) is 4.79 Å². The third-order valence-corrected chi connectivity index (χ3v) is 3.73. The fourth-order valence-corrected chi connectivity index (χ4v) is 2.23. The number of allylic oxidation sites excluding steroid dienone is 2. The minimum absolute atomic E-state index is 0.0305. The Balaban J connectivity index is 2.34. The zero-order chi connectivity index (χ0) is 17.7. The van der Waals surface area contributed by atoms with Crippen molar-refractivity contribution in [3.05, 3.63) is 86.9 Å². The Kier molecular flexibility index (Phi) is 5.73. The molecule has 7 heteroatoms. The number of nitro groups is 1. The second kappa shape index (κ2) is 7.77. The lowest BCUT2D eigenvalue weighted by Crippen LogP contribution is -1.99. The van der Waals surface area contributed by atoms with Crippen LogP contribution < -0.4 is 0 Å². The molecule has 5 nitrogen and oxygen atoms in total. The Hall–Kier alpha value is -2.63. The van der Waals surface area contributed by atoms with Crippen molar-refractivity contribution in [2.24, 2.45) is 0 Å². The number of halogens is 2. The lowest BCUT2D eigenvalue weighted by Gasteiger charge is -2.02. The van der Waals surface area contributed by atoms with Gasteiger partial charge in [0.05, 0.1) is 10.5 Å². The Morgan fingerprint density at radius 2 is 1.54 bits per heavy atom. The van der Waals surface area contributed by atoms with E-state index in [2.05, 4.69) is 0 Å². The molecule has 0 saturated carbocycles. The Labute approximate surface area is 147 Å². The summed E-state index contributed by atoms with van der Waals surface area (Å²) < 4.78 is 0. The number of carbonyl (C=O) groups is 1. The first kappa shape index (κ1) is 17.7. The summed E-state index contributed by atoms with van der Waals surface area (Å²) in [5, 5.41) is 20.9. The molecule has 1 N–H and O–H groups in total. The smallest absolute Gasteiger partial charge is 0.336 e. The molecule has 0 aliphatic carbocycles. The van der Waals surface area contributed by atoms with Crippen molar-refractivity contribution >= 4 is 45.5 Å². The minimum Gasteiger partial charge on any atom is -0.478 e. The van der Waals surface area contributed by atoms with Crippen LogP contribution in [0.1, 0.15) is 11.1 Å². The predicted molar refractivity (Wildman–Crippen MR) is 94.0 cm³/mol. The molecule has 24 heavy (non-hydrogen) atoms. The first-order valence-corrected chi connectivity index (χ1v) is 7.45. The van der Waals surface area contributed by atoms with Crippen LogP contribution in [0.5, 0.6) is 0 Å². The number of carboxylic acid groups (broad SMARTS) is 1. The molecule has 0 bridgehead atoms. The van der Waals surface area contributed by atoms with Crippen LogP contribution in [0, 0.1) is 10.1 Å². The Bertz CT molecular complexity index is 825. The predicted octanol–water partition coefficient (Wildman–Crippen LogP) is 5.00. The fourth-order valence-electron chi connectivity index (χ4n) is 1.92. The van der Waals surface area contributed by atoms with E-state index in [4.69, 9.17) is 23.2 Å². The largest absolute Gasteiger partial charge is 0.478 e. The number of aliphatic carboxylic acids is 1. The zero-order valence-electron chi connectivity index (χ0n) is 12.1. The van der Waals surface area contributed by atoms with E-state index >= 15 is 0 Å². The maximum absolute atomic E-state index is 11.4. The molecule has 0 atom stereocenters. The normalized spacial score (nSPS) is 12.1. The van der Waals surface area contributed by atoms with Gasteiger partial charge in [0.15, 0.2) is 0 Å². The molecule has 2 aromatic rings. The first-order valence-electron chi connectivity index (χ1n) is 6.70. The van der Waals surface area contributed by atoms with Crippen LogP contribution in [-0.4, -0.2) is 16.0 Å². The monoisotopic (exact) mass is 363 g/mol. The van der Waals surface area contributed by atoms with E-state index in [1.165, 1.54) is 36.4 Å². The lowest BCUT2D eigenvalue weighted by molar-refractivity contribution is -0.384. The van der Waals surface area contributed by atoms with Gasteiger partial charge in [-0.15, -0.1) is 0 Å². The van der Waals surface area contributed by atoms with Gasteiger partial charge in [-0.25, -0.2) is 4.79 Å². The summed E-state index contributed by atoms with van der Waals surface area (Å²) in [7, 11) is 0. The summed E-state index contributed by atoms with van der Waals surface area (Å²) in [4.78, 5) is 21.5. The maximum Gasteiger partial charge on any atom is 0.336 e. The van der Waals surface area contributed by atoms with Gasteiger partial charge in [0, 0.05) is 22.2 Å². The highest BCUT2D eigenvalue weighted by Gasteiger charge is 2.12. The number of carboxylic acids is 1. The van der Waals surface area contributed by atoms with Gasteiger partial charge in [-0.1, -0.05) is 35.3 Å². The third-order valence-electron chi connectivity index (χ3n) is 3.14. The van der Waals surface area contributed by atoms with Crippen molar-refractivity contribution in [1.82, 2.24) is 0 Å². The topological polar surface area (TPSA) is 80.4 Å². The molecule has 0 amide bonds. The lowest BCUT2D eigenvalue weighted by atomic mass is 10.0.